The number of hydrogen-bond acceptors (Lipinski definition) is 3. The van der Waals surface area contributed by atoms with Gasteiger partial charge in [-0.2, -0.15) is 0 Å². The number of aryl methyl sites for hydroxylation is 1. The Morgan fingerprint density at radius 2 is 1.95 bits per heavy atom. The zero-order valence-corrected chi connectivity index (χ0v) is 12.5. The van der Waals surface area contributed by atoms with Crippen LogP contribution in [0.4, 0.5) is 0 Å². The molecule has 102 valence electrons. The van der Waals surface area contributed by atoms with Gasteiger partial charge in [-0.1, -0.05) is 31.2 Å². The van der Waals surface area contributed by atoms with Gasteiger partial charge in [0, 0.05) is 16.7 Å². The summed E-state index contributed by atoms with van der Waals surface area (Å²) in [6.07, 6.45) is 3.25. The smallest absolute Gasteiger partial charge is 0.169 e. The molecule has 0 aliphatic heterocycles. The van der Waals surface area contributed by atoms with Crippen molar-refractivity contribution in [2.24, 2.45) is 0 Å². The highest BCUT2D eigenvalue weighted by Gasteiger charge is 2.12. The molecule has 0 amide bonds. The first-order valence-electron chi connectivity index (χ1n) is 6.83. The van der Waals surface area contributed by atoms with Gasteiger partial charge in [0.05, 0.1) is 0 Å². The van der Waals surface area contributed by atoms with Crippen molar-refractivity contribution in [3.8, 4) is 11.4 Å². The third kappa shape index (κ3) is 2.43. The van der Waals surface area contributed by atoms with Gasteiger partial charge in [-0.05, 0) is 36.8 Å². The summed E-state index contributed by atoms with van der Waals surface area (Å²) in [5, 5.41) is 8.64. The summed E-state index contributed by atoms with van der Waals surface area (Å²) in [6.45, 7) is 4.28. The topological polar surface area (TPSA) is 30.2 Å². The van der Waals surface area contributed by atoms with Crippen LogP contribution in [0.2, 0.25) is 0 Å². The van der Waals surface area contributed by atoms with E-state index in [1.165, 1.54) is 16.9 Å². The monoisotopic (exact) mass is 283 g/mol. The Morgan fingerprint density at radius 3 is 2.80 bits per heavy atom. The van der Waals surface area contributed by atoms with Crippen LogP contribution in [0, 0.1) is 6.92 Å². The zero-order chi connectivity index (χ0) is 13.9. The van der Waals surface area contributed by atoms with Gasteiger partial charge in [-0.15, -0.1) is 22.0 Å². The van der Waals surface area contributed by atoms with Crippen molar-refractivity contribution in [1.29, 1.82) is 0 Å². The summed E-state index contributed by atoms with van der Waals surface area (Å²) >= 11 is 1.88. The molecular weight excluding hydrogens is 266 g/mol. The lowest BCUT2D eigenvalue weighted by molar-refractivity contribution is 1.09. The first kappa shape index (κ1) is 13.2. The highest BCUT2D eigenvalue weighted by atomic mass is 32.2. The van der Waals surface area contributed by atoms with Gasteiger partial charge in [0.2, 0.25) is 0 Å². The molecule has 0 aliphatic rings. The lowest BCUT2D eigenvalue weighted by Gasteiger charge is -2.07. The molecule has 0 saturated heterocycles. The molecule has 1 aromatic carbocycles. The predicted molar refractivity (Wildman–Crippen MR) is 84.2 cm³/mol. The molecule has 0 spiro atoms. The van der Waals surface area contributed by atoms with Crippen LogP contribution in [0.1, 0.15) is 18.9 Å². The lowest BCUT2D eigenvalue weighted by Crippen LogP contribution is -1.92. The molecule has 3 nitrogen and oxygen atoms in total. The van der Waals surface area contributed by atoms with E-state index in [1.807, 2.05) is 17.8 Å². The highest BCUT2D eigenvalue weighted by Crippen LogP contribution is 2.30. The van der Waals surface area contributed by atoms with Crippen molar-refractivity contribution >= 4 is 17.4 Å². The van der Waals surface area contributed by atoms with E-state index in [9.17, 15) is 0 Å². The van der Waals surface area contributed by atoms with Crippen molar-refractivity contribution in [2.45, 2.75) is 25.2 Å². The minimum Gasteiger partial charge on any atom is -0.282 e. The van der Waals surface area contributed by atoms with E-state index in [1.54, 1.807) is 0 Å². The molecule has 0 aliphatic carbocycles. The molecule has 3 rings (SSSR count). The van der Waals surface area contributed by atoms with Crippen molar-refractivity contribution in [2.75, 3.05) is 5.75 Å². The van der Waals surface area contributed by atoms with Crippen LogP contribution in [0.15, 0.2) is 47.5 Å². The highest BCUT2D eigenvalue weighted by molar-refractivity contribution is 7.99. The second kappa shape index (κ2) is 5.67. The molecule has 0 bridgehead atoms. The fraction of sp³-hybridized carbons (Fsp3) is 0.250. The van der Waals surface area contributed by atoms with Crippen molar-refractivity contribution in [3.05, 3.63) is 48.2 Å². The first-order valence-corrected chi connectivity index (χ1v) is 7.81. The Bertz CT molecular complexity index is 733. The van der Waals surface area contributed by atoms with Crippen LogP contribution in [0.3, 0.4) is 0 Å². The average Bonchev–Trinajstić information content (AvgIpc) is 2.88. The summed E-state index contributed by atoms with van der Waals surface area (Å²) < 4.78 is 2.07. The molecule has 0 unspecified atom stereocenters. The van der Waals surface area contributed by atoms with Crippen LogP contribution >= 0.6 is 11.8 Å². The minimum absolute atomic E-state index is 0.890. The van der Waals surface area contributed by atoms with Gasteiger partial charge in [0.25, 0.3) is 0 Å². The number of pyridine rings is 1. The summed E-state index contributed by atoms with van der Waals surface area (Å²) in [5.74, 6) is 2.04. The van der Waals surface area contributed by atoms with E-state index in [2.05, 4.69) is 65.0 Å². The van der Waals surface area contributed by atoms with Gasteiger partial charge >= 0.3 is 0 Å². The molecule has 3 aromatic rings. The van der Waals surface area contributed by atoms with Crippen LogP contribution in [-0.2, 0) is 0 Å². The Kier molecular flexibility index (Phi) is 3.74. The van der Waals surface area contributed by atoms with Crippen LogP contribution in [0.25, 0.3) is 17.0 Å². The molecule has 0 saturated carbocycles. The van der Waals surface area contributed by atoms with Crippen molar-refractivity contribution in [3.63, 3.8) is 0 Å². The second-order valence-electron chi connectivity index (χ2n) is 4.80. The number of aromatic nitrogens is 3. The SMILES string of the molecule is CCCSc1ccccc1-c1nnc2ccc(C)cn12. The Hall–Kier alpha value is -1.81. The largest absolute Gasteiger partial charge is 0.282 e. The maximum atomic E-state index is 4.38. The van der Waals surface area contributed by atoms with E-state index in [0.29, 0.717) is 0 Å². The summed E-state index contributed by atoms with van der Waals surface area (Å²) in [6, 6.07) is 12.5. The number of nitrogens with zero attached hydrogens (tertiary/aromatic N) is 3. The maximum Gasteiger partial charge on any atom is 0.169 e. The molecule has 0 fully saturated rings. The zero-order valence-electron chi connectivity index (χ0n) is 11.7. The van der Waals surface area contributed by atoms with Gasteiger partial charge in [0.1, 0.15) is 0 Å². The van der Waals surface area contributed by atoms with Crippen molar-refractivity contribution < 1.29 is 0 Å². The fourth-order valence-electron chi connectivity index (χ4n) is 2.17. The van der Waals surface area contributed by atoms with E-state index in [4.69, 9.17) is 0 Å². The number of benzene rings is 1. The molecular formula is C16H17N3S. The summed E-state index contributed by atoms with van der Waals surface area (Å²) in [7, 11) is 0. The lowest BCUT2D eigenvalue weighted by atomic mass is 10.2. The summed E-state index contributed by atoms with van der Waals surface area (Å²) in [5.41, 5.74) is 3.25. The van der Waals surface area contributed by atoms with Gasteiger partial charge in [-0.3, -0.25) is 4.40 Å². The Labute approximate surface area is 123 Å². The number of fused-ring (bicyclic) bond motifs is 1. The van der Waals surface area contributed by atoms with E-state index < -0.39 is 0 Å². The third-order valence-corrected chi connectivity index (χ3v) is 4.42. The minimum atomic E-state index is 0.890. The predicted octanol–water partition coefficient (Wildman–Crippen LogP) is 4.21. The summed E-state index contributed by atoms with van der Waals surface area (Å²) in [4.78, 5) is 1.27. The first-order chi connectivity index (χ1) is 9.79. The molecule has 2 aromatic heterocycles. The number of rotatable bonds is 4. The Balaban J connectivity index is 2.13. The quantitative estimate of drug-likeness (QED) is 0.672. The number of hydrogen-bond donors (Lipinski definition) is 0. The second-order valence-corrected chi connectivity index (χ2v) is 5.94. The fourth-order valence-corrected chi connectivity index (χ4v) is 3.08. The van der Waals surface area contributed by atoms with Crippen molar-refractivity contribution in [1.82, 2.24) is 14.6 Å². The van der Waals surface area contributed by atoms with Crippen LogP contribution < -0.4 is 0 Å². The molecule has 0 atom stereocenters. The molecule has 20 heavy (non-hydrogen) atoms. The standard InChI is InChI=1S/C16H17N3S/c1-3-10-20-14-7-5-4-6-13(14)16-18-17-15-9-8-12(2)11-19(15)16/h4-9,11H,3,10H2,1-2H3. The third-order valence-electron chi connectivity index (χ3n) is 3.14. The van der Waals surface area contributed by atoms with Crippen LogP contribution in [0.5, 0.6) is 0 Å². The van der Waals surface area contributed by atoms with Gasteiger partial charge in [-0.25, -0.2) is 0 Å². The molecule has 4 heteroatoms. The molecule has 2 heterocycles. The number of thioether (sulfide) groups is 1. The maximum absolute atomic E-state index is 4.38. The van der Waals surface area contributed by atoms with Gasteiger partial charge < -0.3 is 0 Å². The Morgan fingerprint density at radius 1 is 1.10 bits per heavy atom. The average molecular weight is 283 g/mol. The van der Waals surface area contributed by atoms with E-state index in [-0.39, 0.29) is 0 Å². The van der Waals surface area contributed by atoms with E-state index in [0.717, 1.165) is 22.8 Å². The molecule has 0 radical (unpaired) electrons. The van der Waals surface area contributed by atoms with Crippen LogP contribution in [-0.4, -0.2) is 20.4 Å². The van der Waals surface area contributed by atoms with E-state index >= 15 is 0 Å². The van der Waals surface area contributed by atoms with Gasteiger partial charge in [0.15, 0.2) is 11.5 Å². The normalized spacial score (nSPS) is 11.1. The molecule has 0 N–H and O–H groups in total.